The van der Waals surface area contributed by atoms with Gasteiger partial charge in [0.1, 0.15) is 10.4 Å². The number of halogens is 1. The Labute approximate surface area is 97.4 Å². The summed E-state index contributed by atoms with van der Waals surface area (Å²) in [6.07, 6.45) is 1.80. The Morgan fingerprint density at radius 3 is 2.73 bits per heavy atom. The molecule has 0 atom stereocenters. The van der Waals surface area contributed by atoms with Gasteiger partial charge in [0.15, 0.2) is 0 Å². The highest BCUT2D eigenvalue weighted by Crippen LogP contribution is 2.34. The molecule has 0 aliphatic heterocycles. The number of rotatable bonds is 1. The second-order valence-electron chi connectivity index (χ2n) is 3.55. The molecule has 2 aromatic rings. The van der Waals surface area contributed by atoms with Gasteiger partial charge in [-0.15, -0.1) is 0 Å². The number of aryl methyl sites for hydroxylation is 2. The van der Waals surface area contributed by atoms with E-state index in [0.717, 1.165) is 15.7 Å². The van der Waals surface area contributed by atoms with E-state index < -0.39 is 0 Å². The lowest BCUT2D eigenvalue weighted by molar-refractivity contribution is 0.419. The number of methoxy groups -OCH3 is 1. The number of fused-ring (bicyclic) bond motifs is 1. The molecule has 1 aromatic carbocycles. The third kappa shape index (κ3) is 1.61. The predicted molar refractivity (Wildman–Crippen MR) is 65.5 cm³/mol. The van der Waals surface area contributed by atoms with Crippen LogP contribution in [0.25, 0.3) is 10.8 Å². The van der Waals surface area contributed by atoms with Crippen LogP contribution < -0.4 is 4.74 Å². The van der Waals surface area contributed by atoms with Gasteiger partial charge >= 0.3 is 0 Å². The molecular weight excluding hydrogens is 254 g/mol. The monoisotopic (exact) mass is 265 g/mol. The Morgan fingerprint density at radius 1 is 1.33 bits per heavy atom. The van der Waals surface area contributed by atoms with E-state index in [2.05, 4.69) is 34.8 Å². The van der Waals surface area contributed by atoms with Crippen LogP contribution in [-0.2, 0) is 0 Å². The second kappa shape index (κ2) is 3.81. The van der Waals surface area contributed by atoms with Gasteiger partial charge in [-0.3, -0.25) is 0 Å². The summed E-state index contributed by atoms with van der Waals surface area (Å²) in [5, 5.41) is 2.23. The Balaban J connectivity index is 2.96. The zero-order valence-corrected chi connectivity index (χ0v) is 10.6. The van der Waals surface area contributed by atoms with Gasteiger partial charge in [-0.25, -0.2) is 4.98 Å². The quantitative estimate of drug-likeness (QED) is 0.735. The fourth-order valence-corrected chi connectivity index (χ4v) is 2.26. The molecule has 0 bridgehead atoms. The summed E-state index contributed by atoms with van der Waals surface area (Å²) in [7, 11) is 1.68. The SMILES string of the molecule is COc1cc(C)c(C)c2ccnc(Br)c12. The van der Waals surface area contributed by atoms with Crippen LogP contribution in [0, 0.1) is 13.8 Å². The lowest BCUT2D eigenvalue weighted by atomic mass is 10.0. The van der Waals surface area contributed by atoms with Crippen molar-refractivity contribution in [3.8, 4) is 5.75 Å². The van der Waals surface area contributed by atoms with Crippen LogP contribution in [0.4, 0.5) is 0 Å². The van der Waals surface area contributed by atoms with Crippen molar-refractivity contribution in [2.24, 2.45) is 0 Å². The molecule has 3 heteroatoms. The molecular formula is C12H12BrNO. The molecule has 0 radical (unpaired) electrons. The highest BCUT2D eigenvalue weighted by molar-refractivity contribution is 9.10. The minimum Gasteiger partial charge on any atom is -0.496 e. The molecule has 78 valence electrons. The first-order valence-electron chi connectivity index (χ1n) is 4.73. The second-order valence-corrected chi connectivity index (χ2v) is 4.30. The molecule has 2 nitrogen and oxygen atoms in total. The first-order valence-corrected chi connectivity index (χ1v) is 5.53. The maximum Gasteiger partial charge on any atom is 0.129 e. The zero-order chi connectivity index (χ0) is 11.0. The van der Waals surface area contributed by atoms with Gasteiger partial charge in [0.2, 0.25) is 0 Å². The molecule has 0 saturated carbocycles. The number of hydrogen-bond acceptors (Lipinski definition) is 2. The Bertz CT molecular complexity index is 523. The summed E-state index contributed by atoms with van der Waals surface area (Å²) in [5.74, 6) is 0.869. The zero-order valence-electron chi connectivity index (χ0n) is 8.97. The Morgan fingerprint density at radius 2 is 2.07 bits per heavy atom. The summed E-state index contributed by atoms with van der Waals surface area (Å²) >= 11 is 3.46. The minimum absolute atomic E-state index is 0.833. The van der Waals surface area contributed by atoms with Crippen LogP contribution >= 0.6 is 15.9 Å². The summed E-state index contributed by atoms with van der Waals surface area (Å²) in [4.78, 5) is 4.22. The molecule has 0 fully saturated rings. The van der Waals surface area contributed by atoms with Crippen LogP contribution in [0.2, 0.25) is 0 Å². The maximum atomic E-state index is 5.37. The molecule has 1 aromatic heterocycles. The first-order chi connectivity index (χ1) is 7.15. The standard InChI is InChI=1S/C12H12BrNO/c1-7-6-10(15-3)11-9(8(7)2)4-5-14-12(11)13/h4-6H,1-3H3. The molecule has 0 unspecified atom stereocenters. The fourth-order valence-electron chi connectivity index (χ4n) is 1.73. The fraction of sp³-hybridized carbons (Fsp3) is 0.250. The van der Waals surface area contributed by atoms with Crippen LogP contribution in [0.1, 0.15) is 11.1 Å². The van der Waals surface area contributed by atoms with E-state index >= 15 is 0 Å². The smallest absolute Gasteiger partial charge is 0.129 e. The summed E-state index contributed by atoms with van der Waals surface area (Å²) in [5.41, 5.74) is 2.51. The van der Waals surface area contributed by atoms with Crippen molar-refractivity contribution in [1.82, 2.24) is 4.98 Å². The van der Waals surface area contributed by atoms with Gasteiger partial charge in [0.05, 0.1) is 12.5 Å². The summed E-state index contributed by atoms with van der Waals surface area (Å²) in [6.45, 7) is 4.20. The third-order valence-corrected chi connectivity index (χ3v) is 3.32. The van der Waals surface area contributed by atoms with Gasteiger partial charge in [0, 0.05) is 6.20 Å². The Kier molecular flexibility index (Phi) is 2.65. The lowest BCUT2D eigenvalue weighted by Gasteiger charge is -2.11. The molecule has 0 amide bonds. The molecule has 1 heterocycles. The normalized spacial score (nSPS) is 10.7. The molecule has 0 saturated heterocycles. The third-order valence-electron chi connectivity index (χ3n) is 2.71. The van der Waals surface area contributed by atoms with E-state index in [1.54, 1.807) is 13.3 Å². The van der Waals surface area contributed by atoms with Crippen LogP contribution in [0.3, 0.4) is 0 Å². The van der Waals surface area contributed by atoms with Crippen molar-refractivity contribution in [1.29, 1.82) is 0 Å². The van der Waals surface area contributed by atoms with Gasteiger partial charge in [-0.1, -0.05) is 0 Å². The molecule has 0 N–H and O–H groups in total. The summed E-state index contributed by atoms with van der Waals surface area (Å²) in [6, 6.07) is 4.06. The van der Waals surface area contributed by atoms with Crippen LogP contribution in [0.5, 0.6) is 5.75 Å². The Hall–Kier alpha value is -1.09. The van der Waals surface area contributed by atoms with Gasteiger partial charge in [0.25, 0.3) is 0 Å². The van der Waals surface area contributed by atoms with Gasteiger partial charge in [-0.2, -0.15) is 0 Å². The van der Waals surface area contributed by atoms with E-state index in [4.69, 9.17) is 4.74 Å². The maximum absolute atomic E-state index is 5.37. The van der Waals surface area contributed by atoms with Crippen molar-refractivity contribution < 1.29 is 4.74 Å². The van der Waals surface area contributed by atoms with E-state index in [9.17, 15) is 0 Å². The average molecular weight is 266 g/mol. The number of pyridine rings is 1. The molecule has 15 heavy (non-hydrogen) atoms. The van der Waals surface area contributed by atoms with Crippen LogP contribution in [-0.4, -0.2) is 12.1 Å². The van der Waals surface area contributed by atoms with E-state index in [1.807, 2.05) is 12.1 Å². The number of benzene rings is 1. The molecule has 2 rings (SSSR count). The highest BCUT2D eigenvalue weighted by atomic mass is 79.9. The van der Waals surface area contributed by atoms with Crippen LogP contribution in [0.15, 0.2) is 22.9 Å². The van der Waals surface area contributed by atoms with E-state index in [-0.39, 0.29) is 0 Å². The number of nitrogens with zero attached hydrogens (tertiary/aromatic N) is 1. The van der Waals surface area contributed by atoms with Crippen molar-refractivity contribution in [2.45, 2.75) is 13.8 Å². The van der Waals surface area contributed by atoms with Crippen molar-refractivity contribution in [3.05, 3.63) is 34.1 Å². The number of ether oxygens (including phenoxy) is 1. The van der Waals surface area contributed by atoms with E-state index in [1.165, 1.54) is 16.5 Å². The van der Waals surface area contributed by atoms with Gasteiger partial charge in [-0.05, 0) is 58.4 Å². The largest absolute Gasteiger partial charge is 0.496 e. The molecule has 0 spiro atoms. The highest BCUT2D eigenvalue weighted by Gasteiger charge is 2.10. The van der Waals surface area contributed by atoms with Crippen molar-refractivity contribution in [3.63, 3.8) is 0 Å². The number of aromatic nitrogens is 1. The summed E-state index contributed by atoms with van der Waals surface area (Å²) < 4.78 is 6.21. The molecule has 0 aliphatic rings. The minimum atomic E-state index is 0.833. The van der Waals surface area contributed by atoms with Crippen molar-refractivity contribution in [2.75, 3.05) is 7.11 Å². The average Bonchev–Trinajstić information content (AvgIpc) is 2.23. The topological polar surface area (TPSA) is 22.1 Å². The first kappa shape index (κ1) is 10.4. The van der Waals surface area contributed by atoms with E-state index in [0.29, 0.717) is 0 Å². The van der Waals surface area contributed by atoms with Crippen molar-refractivity contribution >= 4 is 26.7 Å². The molecule has 0 aliphatic carbocycles. The lowest BCUT2D eigenvalue weighted by Crippen LogP contribution is -1.92. The van der Waals surface area contributed by atoms with Gasteiger partial charge < -0.3 is 4.74 Å². The predicted octanol–water partition coefficient (Wildman–Crippen LogP) is 3.62. The number of hydrogen-bond donors (Lipinski definition) is 0.